The Hall–Kier alpha value is -2.00. The van der Waals surface area contributed by atoms with Gasteiger partial charge < -0.3 is 14.8 Å². The van der Waals surface area contributed by atoms with E-state index in [2.05, 4.69) is 18.3 Å². The van der Waals surface area contributed by atoms with Crippen LogP contribution in [0.2, 0.25) is 0 Å². The normalized spacial score (nSPS) is 11.9. The molecule has 0 bridgehead atoms. The van der Waals surface area contributed by atoms with Crippen LogP contribution in [0, 0.1) is 0 Å². The molecule has 0 amide bonds. The van der Waals surface area contributed by atoms with E-state index in [4.69, 9.17) is 9.47 Å². The maximum absolute atomic E-state index is 5.85. The van der Waals surface area contributed by atoms with E-state index in [-0.39, 0.29) is 0 Å². The van der Waals surface area contributed by atoms with Gasteiger partial charge >= 0.3 is 0 Å². The smallest absolute Gasteiger partial charge is 0.131 e. The van der Waals surface area contributed by atoms with Crippen LogP contribution >= 0.6 is 0 Å². The van der Waals surface area contributed by atoms with Gasteiger partial charge in [0.05, 0.1) is 7.11 Å². The second kappa shape index (κ2) is 6.25. The lowest BCUT2D eigenvalue weighted by Crippen LogP contribution is -2.11. The van der Waals surface area contributed by atoms with Crippen LogP contribution in [0.25, 0.3) is 0 Å². The number of hydrogen-bond acceptors (Lipinski definition) is 3. The van der Waals surface area contributed by atoms with Crippen molar-refractivity contribution in [2.45, 2.75) is 13.0 Å². The molecule has 100 valence electrons. The number of ether oxygens (including phenoxy) is 2. The average molecular weight is 257 g/mol. The van der Waals surface area contributed by atoms with E-state index in [1.807, 2.05) is 49.5 Å². The molecule has 3 nitrogen and oxygen atoms in total. The Balaban J connectivity index is 2.18. The summed E-state index contributed by atoms with van der Waals surface area (Å²) in [5.74, 6) is 2.39. The molecule has 0 radical (unpaired) electrons. The van der Waals surface area contributed by atoms with Gasteiger partial charge in [0, 0.05) is 12.1 Å². The number of rotatable bonds is 5. The van der Waals surface area contributed by atoms with E-state index < -0.39 is 0 Å². The third-order valence-corrected chi connectivity index (χ3v) is 3.07. The van der Waals surface area contributed by atoms with Gasteiger partial charge in [0.2, 0.25) is 0 Å². The Morgan fingerprint density at radius 1 is 0.947 bits per heavy atom. The van der Waals surface area contributed by atoms with Crippen molar-refractivity contribution in [3.05, 3.63) is 54.1 Å². The zero-order chi connectivity index (χ0) is 13.7. The fourth-order valence-corrected chi connectivity index (χ4v) is 1.81. The van der Waals surface area contributed by atoms with E-state index in [0.717, 1.165) is 17.2 Å². The Morgan fingerprint density at radius 3 is 2.26 bits per heavy atom. The van der Waals surface area contributed by atoms with E-state index >= 15 is 0 Å². The molecule has 2 rings (SSSR count). The third kappa shape index (κ3) is 3.48. The number of methoxy groups -OCH3 is 1. The average Bonchev–Trinajstić information content (AvgIpc) is 2.47. The first-order chi connectivity index (χ1) is 9.22. The standard InChI is InChI=1S/C16H19NO2/c1-12(17-2)13-6-4-8-15(10-13)19-16-9-5-7-14(11-16)18-3/h4-12,17H,1-3H3. The van der Waals surface area contributed by atoms with Crippen LogP contribution in [0.1, 0.15) is 18.5 Å². The number of nitrogens with one attached hydrogen (secondary N) is 1. The molecule has 19 heavy (non-hydrogen) atoms. The van der Waals surface area contributed by atoms with Crippen LogP contribution in [0.5, 0.6) is 17.2 Å². The number of benzene rings is 2. The van der Waals surface area contributed by atoms with Crippen LogP contribution in [-0.4, -0.2) is 14.2 Å². The van der Waals surface area contributed by atoms with Gasteiger partial charge in [-0.05, 0) is 43.8 Å². The molecule has 1 N–H and O–H groups in total. The van der Waals surface area contributed by atoms with Crippen molar-refractivity contribution in [1.82, 2.24) is 5.32 Å². The first-order valence-corrected chi connectivity index (χ1v) is 6.32. The van der Waals surface area contributed by atoms with Crippen molar-refractivity contribution in [2.24, 2.45) is 0 Å². The van der Waals surface area contributed by atoms with Gasteiger partial charge in [-0.15, -0.1) is 0 Å². The zero-order valence-electron chi connectivity index (χ0n) is 11.5. The molecule has 2 aromatic rings. The molecular formula is C16H19NO2. The van der Waals surface area contributed by atoms with Crippen molar-refractivity contribution in [3.63, 3.8) is 0 Å². The molecule has 0 saturated carbocycles. The molecule has 0 aromatic heterocycles. The Kier molecular flexibility index (Phi) is 4.42. The van der Waals surface area contributed by atoms with Gasteiger partial charge in [-0.3, -0.25) is 0 Å². The van der Waals surface area contributed by atoms with Crippen LogP contribution < -0.4 is 14.8 Å². The molecule has 0 aliphatic rings. The quantitative estimate of drug-likeness (QED) is 0.884. The maximum atomic E-state index is 5.85. The summed E-state index contributed by atoms with van der Waals surface area (Å²) in [5.41, 5.74) is 1.20. The predicted molar refractivity (Wildman–Crippen MR) is 77.0 cm³/mol. The topological polar surface area (TPSA) is 30.5 Å². The zero-order valence-corrected chi connectivity index (χ0v) is 11.5. The van der Waals surface area contributed by atoms with Crippen molar-refractivity contribution >= 4 is 0 Å². The minimum atomic E-state index is 0.300. The number of hydrogen-bond donors (Lipinski definition) is 1. The summed E-state index contributed by atoms with van der Waals surface area (Å²) in [5, 5.41) is 3.21. The molecular weight excluding hydrogens is 238 g/mol. The third-order valence-electron chi connectivity index (χ3n) is 3.07. The lowest BCUT2D eigenvalue weighted by Gasteiger charge is -2.13. The molecule has 1 atom stereocenters. The fraction of sp³-hybridized carbons (Fsp3) is 0.250. The van der Waals surface area contributed by atoms with E-state index in [0.29, 0.717) is 6.04 Å². The molecule has 2 aromatic carbocycles. The first kappa shape index (κ1) is 13.4. The predicted octanol–water partition coefficient (Wildman–Crippen LogP) is 3.77. The highest BCUT2D eigenvalue weighted by molar-refractivity contribution is 5.38. The van der Waals surface area contributed by atoms with Crippen LogP contribution in [0.15, 0.2) is 48.5 Å². The van der Waals surface area contributed by atoms with Gasteiger partial charge in [0.25, 0.3) is 0 Å². The second-order valence-corrected chi connectivity index (χ2v) is 4.36. The minimum absolute atomic E-state index is 0.300. The van der Waals surface area contributed by atoms with Gasteiger partial charge in [0.15, 0.2) is 0 Å². The monoisotopic (exact) mass is 257 g/mol. The highest BCUT2D eigenvalue weighted by Crippen LogP contribution is 2.26. The fourth-order valence-electron chi connectivity index (χ4n) is 1.81. The highest BCUT2D eigenvalue weighted by atomic mass is 16.5. The molecule has 0 aliphatic carbocycles. The molecule has 0 fully saturated rings. The summed E-state index contributed by atoms with van der Waals surface area (Å²) in [6.07, 6.45) is 0. The summed E-state index contributed by atoms with van der Waals surface area (Å²) in [6.45, 7) is 2.12. The summed E-state index contributed by atoms with van der Waals surface area (Å²) >= 11 is 0. The van der Waals surface area contributed by atoms with E-state index in [1.165, 1.54) is 5.56 Å². The summed E-state index contributed by atoms with van der Waals surface area (Å²) in [7, 11) is 3.59. The van der Waals surface area contributed by atoms with Crippen LogP contribution in [-0.2, 0) is 0 Å². The van der Waals surface area contributed by atoms with E-state index in [9.17, 15) is 0 Å². The molecule has 0 saturated heterocycles. The lowest BCUT2D eigenvalue weighted by molar-refractivity contribution is 0.409. The Labute approximate surface area is 114 Å². The van der Waals surface area contributed by atoms with Gasteiger partial charge in [-0.1, -0.05) is 18.2 Å². The largest absolute Gasteiger partial charge is 0.497 e. The minimum Gasteiger partial charge on any atom is -0.497 e. The van der Waals surface area contributed by atoms with E-state index in [1.54, 1.807) is 7.11 Å². The van der Waals surface area contributed by atoms with Crippen LogP contribution in [0.4, 0.5) is 0 Å². The summed E-state index contributed by atoms with van der Waals surface area (Å²) in [6, 6.07) is 16.0. The summed E-state index contributed by atoms with van der Waals surface area (Å²) in [4.78, 5) is 0. The summed E-state index contributed by atoms with van der Waals surface area (Å²) < 4.78 is 11.0. The molecule has 0 spiro atoms. The molecule has 1 unspecified atom stereocenters. The van der Waals surface area contributed by atoms with Gasteiger partial charge in [0.1, 0.15) is 17.2 Å². The van der Waals surface area contributed by atoms with Crippen molar-refractivity contribution in [3.8, 4) is 17.2 Å². The van der Waals surface area contributed by atoms with Crippen molar-refractivity contribution in [2.75, 3.05) is 14.2 Å². The molecule has 0 heterocycles. The van der Waals surface area contributed by atoms with Gasteiger partial charge in [-0.25, -0.2) is 0 Å². The van der Waals surface area contributed by atoms with Gasteiger partial charge in [-0.2, -0.15) is 0 Å². The Bertz CT molecular complexity index is 540. The SMILES string of the molecule is CNC(C)c1cccc(Oc2cccc(OC)c2)c1. The highest BCUT2D eigenvalue weighted by Gasteiger charge is 2.04. The van der Waals surface area contributed by atoms with Crippen molar-refractivity contribution < 1.29 is 9.47 Å². The molecule has 3 heteroatoms. The Morgan fingerprint density at radius 2 is 1.58 bits per heavy atom. The van der Waals surface area contributed by atoms with Crippen LogP contribution in [0.3, 0.4) is 0 Å². The second-order valence-electron chi connectivity index (χ2n) is 4.36. The first-order valence-electron chi connectivity index (χ1n) is 6.32. The lowest BCUT2D eigenvalue weighted by atomic mass is 10.1. The molecule has 0 aliphatic heterocycles. The maximum Gasteiger partial charge on any atom is 0.131 e. The van der Waals surface area contributed by atoms with Crippen molar-refractivity contribution in [1.29, 1.82) is 0 Å².